The molecule has 0 aliphatic carbocycles. The SMILES string of the molecule is COc1ccc(OCCCSc2nnc(-c3ccccc3Br)n2N)cc1. The van der Waals surface area contributed by atoms with E-state index in [1.807, 2.05) is 48.5 Å². The Hall–Kier alpha value is -2.19. The van der Waals surface area contributed by atoms with Gasteiger partial charge >= 0.3 is 0 Å². The maximum absolute atomic E-state index is 6.14. The van der Waals surface area contributed by atoms with Gasteiger partial charge in [-0.2, -0.15) is 0 Å². The van der Waals surface area contributed by atoms with E-state index in [1.165, 1.54) is 4.68 Å². The standard InChI is InChI=1S/C18H19BrN4O2S/c1-24-13-7-9-14(10-8-13)25-11-4-12-26-18-22-21-17(23(18)20)15-5-2-3-6-16(15)19/h2-3,5-10H,4,11-12,20H2,1H3. The molecule has 0 saturated heterocycles. The van der Waals surface area contributed by atoms with Crippen LogP contribution in [0.2, 0.25) is 0 Å². The Balaban J connectivity index is 1.49. The highest BCUT2D eigenvalue weighted by Crippen LogP contribution is 2.28. The average molecular weight is 435 g/mol. The molecule has 3 rings (SSSR count). The lowest BCUT2D eigenvalue weighted by molar-refractivity contribution is 0.318. The normalized spacial score (nSPS) is 10.7. The molecule has 3 aromatic rings. The maximum atomic E-state index is 6.14. The van der Waals surface area contributed by atoms with Crippen LogP contribution in [0.5, 0.6) is 11.5 Å². The van der Waals surface area contributed by atoms with Gasteiger partial charge < -0.3 is 15.3 Å². The summed E-state index contributed by atoms with van der Waals surface area (Å²) in [5.74, 6) is 9.26. The molecule has 0 bridgehead atoms. The first-order chi connectivity index (χ1) is 12.7. The van der Waals surface area contributed by atoms with Crippen molar-refractivity contribution in [1.82, 2.24) is 14.9 Å². The van der Waals surface area contributed by atoms with Gasteiger partial charge in [0.1, 0.15) is 11.5 Å². The van der Waals surface area contributed by atoms with Crippen molar-refractivity contribution in [1.29, 1.82) is 0 Å². The molecule has 2 N–H and O–H groups in total. The third-order valence-electron chi connectivity index (χ3n) is 3.63. The van der Waals surface area contributed by atoms with E-state index in [-0.39, 0.29) is 0 Å². The first-order valence-electron chi connectivity index (χ1n) is 8.04. The molecule has 0 unspecified atom stereocenters. The predicted molar refractivity (Wildman–Crippen MR) is 107 cm³/mol. The Bertz CT molecular complexity index is 855. The van der Waals surface area contributed by atoms with Crippen molar-refractivity contribution in [3.63, 3.8) is 0 Å². The number of nitrogens with zero attached hydrogens (tertiary/aromatic N) is 3. The maximum Gasteiger partial charge on any atom is 0.210 e. The van der Waals surface area contributed by atoms with Crippen LogP contribution in [0.3, 0.4) is 0 Å². The van der Waals surface area contributed by atoms with Crippen LogP contribution in [-0.4, -0.2) is 34.3 Å². The molecule has 8 heteroatoms. The fraction of sp³-hybridized carbons (Fsp3) is 0.222. The van der Waals surface area contributed by atoms with E-state index < -0.39 is 0 Å². The number of hydrogen-bond acceptors (Lipinski definition) is 6. The molecule has 0 aliphatic heterocycles. The lowest BCUT2D eigenvalue weighted by Crippen LogP contribution is -2.12. The molecule has 0 aliphatic rings. The summed E-state index contributed by atoms with van der Waals surface area (Å²) in [6.45, 7) is 0.620. The molecule has 6 nitrogen and oxygen atoms in total. The van der Waals surface area contributed by atoms with Crippen molar-refractivity contribution in [3.8, 4) is 22.9 Å². The Labute approximate surface area is 164 Å². The summed E-state index contributed by atoms with van der Waals surface area (Å²) < 4.78 is 13.3. The predicted octanol–water partition coefficient (Wildman–Crippen LogP) is 3.99. The van der Waals surface area contributed by atoms with Gasteiger partial charge in [0.25, 0.3) is 0 Å². The number of thioether (sulfide) groups is 1. The molecule has 136 valence electrons. The summed E-state index contributed by atoms with van der Waals surface area (Å²) in [4.78, 5) is 0. The van der Waals surface area contributed by atoms with Gasteiger partial charge in [0, 0.05) is 15.8 Å². The monoisotopic (exact) mass is 434 g/mol. The minimum Gasteiger partial charge on any atom is -0.497 e. The van der Waals surface area contributed by atoms with Crippen LogP contribution in [0, 0.1) is 0 Å². The van der Waals surface area contributed by atoms with Crippen LogP contribution in [0.15, 0.2) is 58.2 Å². The summed E-state index contributed by atoms with van der Waals surface area (Å²) in [7, 11) is 1.64. The van der Waals surface area contributed by atoms with Crippen molar-refractivity contribution in [2.24, 2.45) is 0 Å². The summed E-state index contributed by atoms with van der Waals surface area (Å²) in [5, 5.41) is 9.07. The van der Waals surface area contributed by atoms with E-state index in [9.17, 15) is 0 Å². The fourth-order valence-electron chi connectivity index (χ4n) is 2.29. The van der Waals surface area contributed by atoms with Crippen LogP contribution in [0.1, 0.15) is 6.42 Å². The zero-order valence-corrected chi connectivity index (χ0v) is 16.7. The van der Waals surface area contributed by atoms with Crippen molar-refractivity contribution < 1.29 is 9.47 Å². The number of hydrogen-bond donors (Lipinski definition) is 1. The lowest BCUT2D eigenvalue weighted by Gasteiger charge is -2.07. The van der Waals surface area contributed by atoms with Gasteiger partial charge in [0.05, 0.1) is 13.7 Å². The number of rotatable bonds is 8. The van der Waals surface area contributed by atoms with Gasteiger partial charge in [-0.15, -0.1) is 10.2 Å². The largest absolute Gasteiger partial charge is 0.497 e. The van der Waals surface area contributed by atoms with Crippen molar-refractivity contribution >= 4 is 27.7 Å². The first kappa shape index (κ1) is 18.6. The van der Waals surface area contributed by atoms with Crippen LogP contribution < -0.4 is 15.3 Å². The van der Waals surface area contributed by atoms with E-state index in [0.29, 0.717) is 17.6 Å². The fourth-order valence-corrected chi connectivity index (χ4v) is 3.52. The highest BCUT2D eigenvalue weighted by molar-refractivity contribution is 9.10. The quantitative estimate of drug-likeness (QED) is 0.328. The third-order valence-corrected chi connectivity index (χ3v) is 5.35. The molecule has 0 spiro atoms. The average Bonchev–Trinajstić information content (AvgIpc) is 3.03. The van der Waals surface area contributed by atoms with E-state index in [4.69, 9.17) is 15.3 Å². The second-order valence-electron chi connectivity index (χ2n) is 5.38. The Morgan fingerprint density at radius 1 is 1.08 bits per heavy atom. The van der Waals surface area contributed by atoms with Crippen LogP contribution in [0.4, 0.5) is 0 Å². The minimum atomic E-state index is 0.620. The van der Waals surface area contributed by atoms with Gasteiger partial charge in [0.2, 0.25) is 5.16 Å². The number of benzene rings is 2. The highest BCUT2D eigenvalue weighted by Gasteiger charge is 2.14. The van der Waals surface area contributed by atoms with Crippen LogP contribution in [-0.2, 0) is 0 Å². The molecule has 1 heterocycles. The minimum absolute atomic E-state index is 0.620. The molecular weight excluding hydrogens is 416 g/mol. The van der Waals surface area contributed by atoms with E-state index in [2.05, 4.69) is 26.1 Å². The Morgan fingerprint density at radius 2 is 1.81 bits per heavy atom. The van der Waals surface area contributed by atoms with Gasteiger partial charge in [-0.25, -0.2) is 4.68 Å². The summed E-state index contributed by atoms with van der Waals surface area (Å²) in [5.41, 5.74) is 0.914. The summed E-state index contributed by atoms with van der Waals surface area (Å²) >= 11 is 5.07. The van der Waals surface area contributed by atoms with Crippen molar-refractivity contribution in [3.05, 3.63) is 53.0 Å². The van der Waals surface area contributed by atoms with Crippen LogP contribution in [0.25, 0.3) is 11.4 Å². The number of halogens is 1. The number of nitrogen functional groups attached to an aromatic ring is 1. The molecule has 2 aromatic carbocycles. The Morgan fingerprint density at radius 3 is 2.54 bits per heavy atom. The second kappa shape index (κ2) is 8.95. The van der Waals surface area contributed by atoms with E-state index in [1.54, 1.807) is 18.9 Å². The van der Waals surface area contributed by atoms with E-state index >= 15 is 0 Å². The lowest BCUT2D eigenvalue weighted by atomic mass is 10.2. The van der Waals surface area contributed by atoms with Gasteiger partial charge in [0.15, 0.2) is 5.82 Å². The number of aromatic nitrogens is 3. The molecule has 0 amide bonds. The Kier molecular flexibility index (Phi) is 6.40. The second-order valence-corrected chi connectivity index (χ2v) is 7.30. The molecule has 0 radical (unpaired) electrons. The van der Waals surface area contributed by atoms with Gasteiger partial charge in [-0.1, -0.05) is 39.8 Å². The molecule has 0 atom stereocenters. The third kappa shape index (κ3) is 4.50. The van der Waals surface area contributed by atoms with Gasteiger partial charge in [-0.3, -0.25) is 0 Å². The topological polar surface area (TPSA) is 75.2 Å². The number of methoxy groups -OCH3 is 1. The number of nitrogens with two attached hydrogens (primary N) is 1. The number of ether oxygens (including phenoxy) is 2. The molecule has 0 fully saturated rings. The van der Waals surface area contributed by atoms with Crippen LogP contribution >= 0.6 is 27.7 Å². The van der Waals surface area contributed by atoms with Crippen molar-refractivity contribution in [2.75, 3.05) is 25.3 Å². The molecule has 0 saturated carbocycles. The van der Waals surface area contributed by atoms with E-state index in [0.717, 1.165) is 33.7 Å². The van der Waals surface area contributed by atoms with Gasteiger partial charge in [-0.05, 0) is 42.8 Å². The summed E-state index contributed by atoms with van der Waals surface area (Å²) in [6.07, 6.45) is 0.869. The molecule has 26 heavy (non-hydrogen) atoms. The molecular formula is C18H19BrN4O2S. The smallest absolute Gasteiger partial charge is 0.210 e. The zero-order valence-electron chi connectivity index (χ0n) is 14.3. The summed E-state index contributed by atoms with van der Waals surface area (Å²) in [6, 6.07) is 15.3. The molecule has 1 aromatic heterocycles. The van der Waals surface area contributed by atoms with Crippen molar-refractivity contribution in [2.45, 2.75) is 11.6 Å². The zero-order chi connectivity index (χ0) is 18.4. The highest BCUT2D eigenvalue weighted by atomic mass is 79.9. The first-order valence-corrected chi connectivity index (χ1v) is 9.82.